The van der Waals surface area contributed by atoms with Crippen LogP contribution in [0.3, 0.4) is 0 Å². The highest BCUT2D eigenvalue weighted by molar-refractivity contribution is 7.99. The van der Waals surface area contributed by atoms with Crippen LogP contribution >= 0.6 is 35.0 Å². The van der Waals surface area contributed by atoms with Crippen LogP contribution in [0.25, 0.3) is 5.69 Å². The van der Waals surface area contributed by atoms with Gasteiger partial charge in [0, 0.05) is 16.6 Å². The number of aromatic nitrogens is 4. The third-order valence-corrected chi connectivity index (χ3v) is 4.82. The Morgan fingerprint density at radius 2 is 1.88 bits per heavy atom. The summed E-state index contributed by atoms with van der Waals surface area (Å²) in [6.07, 6.45) is 0. The molecule has 0 aliphatic rings. The molecule has 1 amide bonds. The SMILES string of the molecule is O=C(CSc1nnnn1-c1ccc(Cl)cc1)NCc1ccccc1Cl. The maximum absolute atomic E-state index is 12.0. The van der Waals surface area contributed by atoms with Crippen molar-refractivity contribution in [2.75, 3.05) is 5.75 Å². The second-order valence-corrected chi connectivity index (χ2v) is 6.79. The third kappa shape index (κ3) is 4.72. The van der Waals surface area contributed by atoms with Crippen LogP contribution < -0.4 is 5.32 Å². The van der Waals surface area contributed by atoms with Crippen molar-refractivity contribution in [3.63, 3.8) is 0 Å². The van der Waals surface area contributed by atoms with E-state index in [1.54, 1.807) is 35.0 Å². The Balaban J connectivity index is 1.57. The minimum atomic E-state index is -0.129. The number of thioether (sulfide) groups is 1. The van der Waals surface area contributed by atoms with E-state index in [4.69, 9.17) is 23.2 Å². The number of nitrogens with one attached hydrogen (secondary N) is 1. The molecule has 1 heterocycles. The highest BCUT2D eigenvalue weighted by Gasteiger charge is 2.12. The Kier molecular flexibility index (Phi) is 5.91. The van der Waals surface area contributed by atoms with Crippen LogP contribution in [0.5, 0.6) is 0 Å². The number of carbonyl (C=O) groups excluding carboxylic acids is 1. The fourth-order valence-corrected chi connectivity index (χ4v) is 3.08. The summed E-state index contributed by atoms with van der Waals surface area (Å²) >= 11 is 13.2. The first-order chi connectivity index (χ1) is 12.1. The van der Waals surface area contributed by atoms with Crippen molar-refractivity contribution >= 4 is 40.9 Å². The summed E-state index contributed by atoms with van der Waals surface area (Å²) in [5.74, 6) is 0.0638. The molecule has 128 valence electrons. The van der Waals surface area contributed by atoms with E-state index >= 15 is 0 Å². The molecule has 2 aromatic carbocycles. The lowest BCUT2D eigenvalue weighted by atomic mass is 10.2. The molecule has 3 rings (SSSR count). The molecule has 0 bridgehead atoms. The van der Waals surface area contributed by atoms with Crippen LogP contribution in [-0.2, 0) is 11.3 Å². The van der Waals surface area contributed by atoms with E-state index in [1.165, 1.54) is 11.8 Å². The lowest BCUT2D eigenvalue weighted by Crippen LogP contribution is -2.24. The van der Waals surface area contributed by atoms with Gasteiger partial charge in [0.05, 0.1) is 11.4 Å². The number of hydrogen-bond acceptors (Lipinski definition) is 5. The zero-order chi connectivity index (χ0) is 17.6. The molecule has 6 nitrogen and oxygen atoms in total. The largest absolute Gasteiger partial charge is 0.351 e. The van der Waals surface area contributed by atoms with Crippen LogP contribution in [0.4, 0.5) is 0 Å². The monoisotopic (exact) mass is 393 g/mol. The molecule has 0 atom stereocenters. The van der Waals surface area contributed by atoms with Gasteiger partial charge in [-0.1, -0.05) is 53.2 Å². The van der Waals surface area contributed by atoms with Crippen LogP contribution in [0, 0.1) is 0 Å². The van der Waals surface area contributed by atoms with Crippen LogP contribution in [0.15, 0.2) is 53.7 Å². The molecule has 0 saturated heterocycles. The highest BCUT2D eigenvalue weighted by atomic mass is 35.5. The van der Waals surface area contributed by atoms with Gasteiger partial charge in [-0.2, -0.15) is 4.68 Å². The van der Waals surface area contributed by atoms with Crippen molar-refractivity contribution in [2.24, 2.45) is 0 Å². The van der Waals surface area contributed by atoms with Crippen LogP contribution in [0.2, 0.25) is 10.0 Å². The highest BCUT2D eigenvalue weighted by Crippen LogP contribution is 2.19. The minimum absolute atomic E-state index is 0.129. The van der Waals surface area contributed by atoms with Gasteiger partial charge in [-0.3, -0.25) is 4.79 Å². The molecule has 0 saturated carbocycles. The summed E-state index contributed by atoms with van der Waals surface area (Å²) in [7, 11) is 0. The van der Waals surface area contributed by atoms with Gasteiger partial charge >= 0.3 is 0 Å². The van der Waals surface area contributed by atoms with Crippen molar-refractivity contribution in [2.45, 2.75) is 11.7 Å². The molecule has 0 aliphatic heterocycles. The van der Waals surface area contributed by atoms with E-state index < -0.39 is 0 Å². The zero-order valence-electron chi connectivity index (χ0n) is 12.9. The fraction of sp³-hybridized carbons (Fsp3) is 0.125. The van der Waals surface area contributed by atoms with Gasteiger partial charge in [-0.25, -0.2) is 0 Å². The molecular formula is C16H13Cl2N5OS. The second-order valence-electron chi connectivity index (χ2n) is 5.01. The van der Waals surface area contributed by atoms with Gasteiger partial charge in [-0.05, 0) is 46.3 Å². The summed E-state index contributed by atoms with van der Waals surface area (Å²) in [4.78, 5) is 12.0. The lowest BCUT2D eigenvalue weighted by Gasteiger charge is -2.07. The van der Waals surface area contributed by atoms with Gasteiger partial charge in [0.15, 0.2) is 0 Å². The number of halogens is 2. The van der Waals surface area contributed by atoms with E-state index in [9.17, 15) is 4.79 Å². The normalized spacial score (nSPS) is 10.6. The third-order valence-electron chi connectivity index (χ3n) is 3.28. The Morgan fingerprint density at radius 3 is 2.64 bits per heavy atom. The summed E-state index contributed by atoms with van der Waals surface area (Å²) in [6.45, 7) is 0.376. The molecule has 1 aromatic heterocycles. The Morgan fingerprint density at radius 1 is 1.12 bits per heavy atom. The first kappa shape index (κ1) is 17.7. The number of rotatable bonds is 6. The van der Waals surface area contributed by atoms with E-state index in [2.05, 4.69) is 20.8 Å². The maximum atomic E-state index is 12.0. The average molecular weight is 394 g/mol. The first-order valence-corrected chi connectivity index (χ1v) is 9.05. The molecule has 25 heavy (non-hydrogen) atoms. The summed E-state index contributed by atoms with van der Waals surface area (Å²) < 4.78 is 1.56. The molecule has 1 N–H and O–H groups in total. The predicted molar refractivity (Wildman–Crippen MR) is 98.2 cm³/mol. The van der Waals surface area contributed by atoms with Crippen LogP contribution in [0.1, 0.15) is 5.56 Å². The van der Waals surface area contributed by atoms with Gasteiger partial charge in [0.25, 0.3) is 0 Å². The Labute approximate surface area is 158 Å². The molecule has 0 fully saturated rings. The molecule has 0 radical (unpaired) electrons. The zero-order valence-corrected chi connectivity index (χ0v) is 15.2. The standard InChI is InChI=1S/C16H13Cl2N5OS/c17-12-5-7-13(8-6-12)23-16(20-21-22-23)25-10-15(24)19-9-11-3-1-2-4-14(11)18/h1-8H,9-10H2,(H,19,24). The quantitative estimate of drug-likeness (QED) is 0.649. The number of hydrogen-bond donors (Lipinski definition) is 1. The van der Waals surface area contributed by atoms with Crippen molar-refractivity contribution in [3.8, 4) is 5.69 Å². The van der Waals surface area contributed by atoms with Crippen LogP contribution in [-0.4, -0.2) is 31.9 Å². The fourth-order valence-electron chi connectivity index (χ4n) is 2.03. The van der Waals surface area contributed by atoms with E-state index in [0.29, 0.717) is 21.7 Å². The summed E-state index contributed by atoms with van der Waals surface area (Å²) in [5.41, 5.74) is 1.64. The molecule has 0 unspecified atom stereocenters. The van der Waals surface area contributed by atoms with E-state index in [-0.39, 0.29) is 11.7 Å². The topological polar surface area (TPSA) is 72.7 Å². The molecular weight excluding hydrogens is 381 g/mol. The lowest BCUT2D eigenvalue weighted by molar-refractivity contribution is -0.118. The Bertz CT molecular complexity index is 869. The smallest absolute Gasteiger partial charge is 0.230 e. The van der Waals surface area contributed by atoms with Crippen molar-refractivity contribution < 1.29 is 4.79 Å². The Hall–Kier alpha value is -2.09. The summed E-state index contributed by atoms with van der Waals surface area (Å²) in [6, 6.07) is 14.5. The van der Waals surface area contributed by atoms with Gasteiger partial charge in [0.2, 0.25) is 11.1 Å². The first-order valence-electron chi connectivity index (χ1n) is 7.31. The van der Waals surface area contributed by atoms with Gasteiger partial charge in [0.1, 0.15) is 0 Å². The van der Waals surface area contributed by atoms with Crippen molar-refractivity contribution in [1.29, 1.82) is 0 Å². The molecule has 0 aliphatic carbocycles. The predicted octanol–water partition coefficient (Wildman–Crippen LogP) is 3.38. The van der Waals surface area contributed by atoms with E-state index in [1.807, 2.05) is 18.2 Å². The number of amides is 1. The van der Waals surface area contributed by atoms with Gasteiger partial charge < -0.3 is 5.32 Å². The number of carbonyl (C=O) groups is 1. The molecule has 0 spiro atoms. The maximum Gasteiger partial charge on any atom is 0.230 e. The molecule has 9 heteroatoms. The van der Waals surface area contributed by atoms with Gasteiger partial charge in [-0.15, -0.1) is 5.10 Å². The average Bonchev–Trinajstić information content (AvgIpc) is 3.08. The van der Waals surface area contributed by atoms with Crippen molar-refractivity contribution in [3.05, 3.63) is 64.1 Å². The second kappa shape index (κ2) is 8.33. The number of nitrogens with zero attached hydrogens (tertiary/aromatic N) is 4. The summed E-state index contributed by atoms with van der Waals surface area (Å²) in [5, 5.41) is 16.2. The number of tetrazole rings is 1. The van der Waals surface area contributed by atoms with E-state index in [0.717, 1.165) is 11.3 Å². The van der Waals surface area contributed by atoms with Crippen molar-refractivity contribution in [1.82, 2.24) is 25.5 Å². The minimum Gasteiger partial charge on any atom is -0.351 e. The number of benzene rings is 2. The molecule has 3 aromatic rings.